The van der Waals surface area contributed by atoms with E-state index in [4.69, 9.17) is 27.9 Å². The SMILES string of the molecule is CCCCCC(CCn1ccnc1)OCc1ccc(Cl)cc1Cl. The van der Waals surface area contributed by atoms with E-state index < -0.39 is 0 Å². The third-order valence-electron chi connectivity index (χ3n) is 3.89. The summed E-state index contributed by atoms with van der Waals surface area (Å²) < 4.78 is 8.22. The van der Waals surface area contributed by atoms with Crippen molar-refractivity contribution >= 4 is 23.2 Å². The predicted molar refractivity (Wildman–Crippen MR) is 96.0 cm³/mol. The number of rotatable bonds is 10. The van der Waals surface area contributed by atoms with Gasteiger partial charge in [-0.2, -0.15) is 0 Å². The van der Waals surface area contributed by atoms with Gasteiger partial charge in [-0.05, 0) is 30.5 Å². The summed E-state index contributed by atoms with van der Waals surface area (Å²) in [7, 11) is 0. The van der Waals surface area contributed by atoms with Gasteiger partial charge < -0.3 is 9.30 Å². The number of benzene rings is 1. The number of imidazole rings is 1. The van der Waals surface area contributed by atoms with E-state index in [1.165, 1.54) is 19.3 Å². The molecule has 0 radical (unpaired) electrons. The Balaban J connectivity index is 1.87. The minimum atomic E-state index is 0.232. The highest BCUT2D eigenvalue weighted by atomic mass is 35.5. The van der Waals surface area contributed by atoms with Gasteiger partial charge in [0.25, 0.3) is 0 Å². The molecule has 0 saturated heterocycles. The maximum absolute atomic E-state index is 6.22. The van der Waals surface area contributed by atoms with Crippen molar-refractivity contribution in [1.29, 1.82) is 0 Å². The maximum atomic E-state index is 6.22. The summed E-state index contributed by atoms with van der Waals surface area (Å²) in [5, 5.41) is 1.32. The predicted octanol–water partition coefficient (Wildman–Crippen LogP) is 5.75. The highest BCUT2D eigenvalue weighted by Gasteiger charge is 2.11. The van der Waals surface area contributed by atoms with E-state index in [0.717, 1.165) is 24.9 Å². The quantitative estimate of drug-likeness (QED) is 0.508. The average molecular weight is 355 g/mol. The first-order valence-electron chi connectivity index (χ1n) is 8.20. The first-order chi connectivity index (χ1) is 11.2. The van der Waals surface area contributed by atoms with Gasteiger partial charge in [0.15, 0.2) is 0 Å². The van der Waals surface area contributed by atoms with Gasteiger partial charge in [-0.3, -0.25) is 0 Å². The molecule has 0 N–H and O–H groups in total. The Bertz CT molecular complexity index is 572. The van der Waals surface area contributed by atoms with Gasteiger partial charge >= 0.3 is 0 Å². The van der Waals surface area contributed by atoms with Crippen LogP contribution in [0.4, 0.5) is 0 Å². The Morgan fingerprint density at radius 1 is 1.22 bits per heavy atom. The molecule has 0 fully saturated rings. The molecule has 1 unspecified atom stereocenters. The summed E-state index contributed by atoms with van der Waals surface area (Å²) in [5.74, 6) is 0. The number of hydrogen-bond acceptors (Lipinski definition) is 2. The summed E-state index contributed by atoms with van der Waals surface area (Å²) in [4.78, 5) is 4.08. The van der Waals surface area contributed by atoms with E-state index in [9.17, 15) is 0 Å². The molecule has 0 saturated carbocycles. The van der Waals surface area contributed by atoms with E-state index in [-0.39, 0.29) is 6.10 Å². The highest BCUT2D eigenvalue weighted by Crippen LogP contribution is 2.23. The molecule has 2 aromatic rings. The number of hydrogen-bond donors (Lipinski definition) is 0. The fourth-order valence-electron chi connectivity index (χ4n) is 2.49. The molecule has 0 aliphatic carbocycles. The molecule has 1 aromatic heterocycles. The fraction of sp³-hybridized carbons (Fsp3) is 0.500. The number of aryl methyl sites for hydroxylation is 1. The lowest BCUT2D eigenvalue weighted by atomic mass is 10.1. The van der Waals surface area contributed by atoms with Crippen LogP contribution in [-0.2, 0) is 17.9 Å². The van der Waals surface area contributed by atoms with Gasteiger partial charge in [0.2, 0.25) is 0 Å². The summed E-state index contributed by atoms with van der Waals surface area (Å²) in [6.45, 7) is 3.66. The van der Waals surface area contributed by atoms with E-state index >= 15 is 0 Å². The second kappa shape index (κ2) is 9.96. The molecular formula is C18H24Cl2N2O. The second-order valence-electron chi connectivity index (χ2n) is 5.75. The Morgan fingerprint density at radius 3 is 2.78 bits per heavy atom. The first-order valence-corrected chi connectivity index (χ1v) is 8.96. The summed E-state index contributed by atoms with van der Waals surface area (Å²) in [6, 6.07) is 5.55. The number of aromatic nitrogens is 2. The van der Waals surface area contributed by atoms with Crippen LogP contribution in [0.2, 0.25) is 10.0 Å². The van der Waals surface area contributed by atoms with Crippen molar-refractivity contribution in [2.45, 2.75) is 58.3 Å². The van der Waals surface area contributed by atoms with Crippen molar-refractivity contribution in [2.75, 3.05) is 0 Å². The Morgan fingerprint density at radius 2 is 2.09 bits per heavy atom. The van der Waals surface area contributed by atoms with E-state index in [2.05, 4.69) is 16.5 Å². The lowest BCUT2D eigenvalue weighted by molar-refractivity contribution is 0.0251. The number of halogens is 2. The van der Waals surface area contributed by atoms with Crippen LogP contribution in [0.5, 0.6) is 0 Å². The standard InChI is InChI=1S/C18H24Cl2N2O/c1-2-3-4-5-17(8-10-22-11-9-21-14-22)23-13-15-6-7-16(19)12-18(15)20/h6-7,9,11-12,14,17H,2-5,8,10,13H2,1H3. The van der Waals surface area contributed by atoms with Crippen LogP contribution < -0.4 is 0 Å². The van der Waals surface area contributed by atoms with Crippen LogP contribution in [0, 0.1) is 0 Å². The van der Waals surface area contributed by atoms with Crippen molar-refractivity contribution in [2.24, 2.45) is 0 Å². The zero-order valence-corrected chi connectivity index (χ0v) is 15.1. The van der Waals surface area contributed by atoms with Gasteiger partial charge in [-0.1, -0.05) is 55.5 Å². The number of ether oxygens (including phenoxy) is 1. The smallest absolute Gasteiger partial charge is 0.0945 e. The Labute approximate surface area is 148 Å². The van der Waals surface area contributed by atoms with E-state index in [1.807, 2.05) is 24.7 Å². The third-order valence-corrected chi connectivity index (χ3v) is 4.47. The minimum absolute atomic E-state index is 0.232. The molecule has 0 bridgehead atoms. The molecule has 0 aliphatic rings. The Kier molecular flexibility index (Phi) is 7.93. The molecule has 1 heterocycles. The molecule has 23 heavy (non-hydrogen) atoms. The third kappa shape index (κ3) is 6.54. The molecule has 0 amide bonds. The molecule has 1 aromatic carbocycles. The monoisotopic (exact) mass is 354 g/mol. The number of nitrogens with zero attached hydrogens (tertiary/aromatic N) is 2. The fourth-order valence-corrected chi connectivity index (χ4v) is 2.95. The van der Waals surface area contributed by atoms with Crippen LogP contribution in [0.15, 0.2) is 36.9 Å². The minimum Gasteiger partial charge on any atom is -0.373 e. The van der Waals surface area contributed by atoms with Gasteiger partial charge in [-0.15, -0.1) is 0 Å². The molecule has 1 atom stereocenters. The zero-order valence-electron chi connectivity index (χ0n) is 13.5. The van der Waals surface area contributed by atoms with Gasteiger partial charge in [0.1, 0.15) is 0 Å². The van der Waals surface area contributed by atoms with Gasteiger partial charge in [-0.25, -0.2) is 4.98 Å². The highest BCUT2D eigenvalue weighted by molar-refractivity contribution is 6.35. The van der Waals surface area contributed by atoms with E-state index in [0.29, 0.717) is 16.7 Å². The van der Waals surface area contributed by atoms with Crippen LogP contribution in [0.3, 0.4) is 0 Å². The van der Waals surface area contributed by atoms with Crippen LogP contribution in [0.25, 0.3) is 0 Å². The van der Waals surface area contributed by atoms with Crippen LogP contribution >= 0.6 is 23.2 Å². The molecular weight excluding hydrogens is 331 g/mol. The Hall–Kier alpha value is -1.03. The normalized spacial score (nSPS) is 12.5. The van der Waals surface area contributed by atoms with Gasteiger partial charge in [0.05, 0.1) is 19.0 Å². The van der Waals surface area contributed by atoms with Gasteiger partial charge in [0, 0.05) is 29.0 Å². The second-order valence-corrected chi connectivity index (χ2v) is 6.60. The summed E-state index contributed by atoms with van der Waals surface area (Å²) in [5.41, 5.74) is 0.985. The first kappa shape index (κ1) is 18.3. The largest absolute Gasteiger partial charge is 0.373 e. The number of unbranched alkanes of at least 4 members (excludes halogenated alkanes) is 2. The van der Waals surface area contributed by atoms with Crippen molar-refractivity contribution in [3.8, 4) is 0 Å². The molecule has 5 heteroatoms. The summed E-state index contributed by atoms with van der Waals surface area (Å²) >= 11 is 12.2. The van der Waals surface area contributed by atoms with Crippen molar-refractivity contribution in [3.63, 3.8) is 0 Å². The molecule has 3 nitrogen and oxygen atoms in total. The van der Waals surface area contributed by atoms with E-state index in [1.54, 1.807) is 12.3 Å². The lowest BCUT2D eigenvalue weighted by Gasteiger charge is -2.19. The van der Waals surface area contributed by atoms with Crippen LogP contribution in [-0.4, -0.2) is 15.7 Å². The van der Waals surface area contributed by atoms with Crippen molar-refractivity contribution in [1.82, 2.24) is 9.55 Å². The summed E-state index contributed by atoms with van der Waals surface area (Å²) in [6.07, 6.45) is 11.6. The van der Waals surface area contributed by atoms with Crippen molar-refractivity contribution in [3.05, 3.63) is 52.5 Å². The lowest BCUT2D eigenvalue weighted by Crippen LogP contribution is -2.16. The average Bonchev–Trinajstić information content (AvgIpc) is 3.04. The van der Waals surface area contributed by atoms with Crippen LogP contribution in [0.1, 0.15) is 44.6 Å². The maximum Gasteiger partial charge on any atom is 0.0945 e. The molecule has 0 spiro atoms. The zero-order chi connectivity index (χ0) is 16.5. The molecule has 2 rings (SSSR count). The topological polar surface area (TPSA) is 27.1 Å². The molecule has 0 aliphatic heterocycles. The molecule has 126 valence electrons. The van der Waals surface area contributed by atoms with Crippen molar-refractivity contribution < 1.29 is 4.74 Å².